The fourth-order valence-electron chi connectivity index (χ4n) is 2.52. The van der Waals surface area contributed by atoms with Crippen molar-refractivity contribution < 1.29 is 9.53 Å². The van der Waals surface area contributed by atoms with Gasteiger partial charge in [-0.15, -0.1) is 10.2 Å². The molecule has 0 unspecified atom stereocenters. The highest BCUT2D eigenvalue weighted by atomic mass is 32.2. The SMILES string of the molecule is COc1ccc(C(=O)CSc2nnc3ccc(-c4cccnc4)nn23)cc1. The lowest BCUT2D eigenvalue weighted by atomic mass is 10.1. The first-order chi connectivity index (χ1) is 13.2. The summed E-state index contributed by atoms with van der Waals surface area (Å²) >= 11 is 1.30. The molecular weight excluding hydrogens is 362 g/mol. The molecule has 0 spiro atoms. The van der Waals surface area contributed by atoms with Crippen LogP contribution in [0.4, 0.5) is 0 Å². The van der Waals surface area contributed by atoms with Crippen molar-refractivity contribution in [3.63, 3.8) is 0 Å². The molecule has 0 N–H and O–H groups in total. The first-order valence-electron chi connectivity index (χ1n) is 8.17. The molecule has 4 aromatic rings. The maximum Gasteiger partial charge on any atom is 0.212 e. The van der Waals surface area contributed by atoms with Crippen molar-refractivity contribution in [2.45, 2.75) is 5.16 Å². The van der Waals surface area contributed by atoms with Gasteiger partial charge in [-0.3, -0.25) is 9.78 Å². The van der Waals surface area contributed by atoms with Crippen molar-refractivity contribution in [2.24, 2.45) is 0 Å². The second-order valence-corrected chi connectivity index (χ2v) is 6.60. The second-order valence-electron chi connectivity index (χ2n) is 5.65. The molecule has 1 aromatic carbocycles. The summed E-state index contributed by atoms with van der Waals surface area (Å²) in [5, 5.41) is 13.4. The molecule has 4 rings (SSSR count). The molecule has 0 aliphatic heterocycles. The monoisotopic (exact) mass is 377 g/mol. The van der Waals surface area contributed by atoms with Crippen molar-refractivity contribution in [3.05, 3.63) is 66.5 Å². The molecule has 0 aliphatic rings. The zero-order valence-corrected chi connectivity index (χ0v) is 15.3. The third kappa shape index (κ3) is 3.65. The van der Waals surface area contributed by atoms with Crippen molar-refractivity contribution in [3.8, 4) is 17.0 Å². The Hall–Kier alpha value is -3.26. The van der Waals surface area contributed by atoms with Gasteiger partial charge >= 0.3 is 0 Å². The van der Waals surface area contributed by atoms with Crippen molar-refractivity contribution in [1.82, 2.24) is 24.8 Å². The van der Waals surface area contributed by atoms with Crippen molar-refractivity contribution in [2.75, 3.05) is 12.9 Å². The number of hydrogen-bond acceptors (Lipinski definition) is 7. The highest BCUT2D eigenvalue weighted by Crippen LogP contribution is 2.21. The summed E-state index contributed by atoms with van der Waals surface area (Å²) in [5.41, 5.74) is 2.92. The lowest BCUT2D eigenvalue weighted by molar-refractivity contribution is 0.102. The smallest absolute Gasteiger partial charge is 0.212 e. The van der Waals surface area contributed by atoms with Crippen LogP contribution in [0.5, 0.6) is 5.75 Å². The van der Waals surface area contributed by atoms with Gasteiger partial charge in [-0.2, -0.15) is 9.61 Å². The van der Waals surface area contributed by atoms with Gasteiger partial charge in [0, 0.05) is 23.5 Å². The normalized spacial score (nSPS) is 10.9. The van der Waals surface area contributed by atoms with E-state index in [1.54, 1.807) is 48.3 Å². The number of carbonyl (C=O) groups is 1. The molecular formula is C19H15N5O2S. The zero-order valence-electron chi connectivity index (χ0n) is 14.4. The third-order valence-corrected chi connectivity index (χ3v) is 4.86. The minimum atomic E-state index is 0.00261. The highest BCUT2D eigenvalue weighted by Gasteiger charge is 2.13. The fourth-order valence-corrected chi connectivity index (χ4v) is 3.30. The van der Waals surface area contributed by atoms with E-state index in [1.807, 2.05) is 24.3 Å². The lowest BCUT2D eigenvalue weighted by Crippen LogP contribution is -2.04. The first-order valence-corrected chi connectivity index (χ1v) is 9.16. The maximum absolute atomic E-state index is 12.4. The number of thioether (sulfide) groups is 1. The minimum absolute atomic E-state index is 0.00261. The number of rotatable bonds is 6. The summed E-state index contributed by atoms with van der Waals surface area (Å²) < 4.78 is 6.76. The molecule has 7 nitrogen and oxygen atoms in total. The van der Waals surface area contributed by atoms with Gasteiger partial charge in [-0.1, -0.05) is 11.8 Å². The van der Waals surface area contributed by atoms with Gasteiger partial charge in [0.2, 0.25) is 5.16 Å². The molecule has 0 amide bonds. The van der Waals surface area contributed by atoms with Gasteiger partial charge in [0.05, 0.1) is 18.6 Å². The van der Waals surface area contributed by atoms with Gasteiger partial charge in [-0.05, 0) is 48.5 Å². The molecule has 0 fully saturated rings. The Bertz CT molecular complexity index is 1080. The Morgan fingerprint density at radius 3 is 2.70 bits per heavy atom. The number of ether oxygens (including phenoxy) is 1. The fraction of sp³-hybridized carbons (Fsp3) is 0.105. The van der Waals surface area contributed by atoms with E-state index in [9.17, 15) is 4.79 Å². The van der Waals surface area contributed by atoms with Crippen molar-refractivity contribution in [1.29, 1.82) is 0 Å². The van der Waals surface area contributed by atoms with Crippen LogP contribution in [0.15, 0.2) is 66.1 Å². The number of aromatic nitrogens is 5. The van der Waals surface area contributed by atoms with Crippen LogP contribution in [0.2, 0.25) is 0 Å². The number of benzene rings is 1. The number of methoxy groups -OCH3 is 1. The van der Waals surface area contributed by atoms with Crippen LogP contribution in [-0.2, 0) is 0 Å². The summed E-state index contributed by atoms with van der Waals surface area (Å²) in [4.78, 5) is 16.5. The zero-order chi connectivity index (χ0) is 18.6. The van der Waals surface area contributed by atoms with E-state index in [1.165, 1.54) is 11.8 Å². The molecule has 134 valence electrons. The van der Waals surface area contributed by atoms with Crippen molar-refractivity contribution >= 4 is 23.2 Å². The van der Waals surface area contributed by atoms with Gasteiger partial charge < -0.3 is 4.74 Å². The standard InChI is InChI=1S/C19H15N5O2S/c1-26-15-6-4-13(5-7-15)17(25)12-27-19-22-21-18-9-8-16(23-24(18)19)14-3-2-10-20-11-14/h2-11H,12H2,1H3. The van der Waals surface area contributed by atoms with E-state index >= 15 is 0 Å². The van der Waals surface area contributed by atoms with Crippen LogP contribution in [0, 0.1) is 0 Å². The molecule has 8 heteroatoms. The van der Waals surface area contributed by atoms with Crippen LogP contribution in [0.1, 0.15) is 10.4 Å². The Morgan fingerprint density at radius 2 is 1.96 bits per heavy atom. The number of fused-ring (bicyclic) bond motifs is 1. The Kier molecular flexibility index (Phi) is 4.80. The number of pyridine rings is 1. The molecule has 0 bridgehead atoms. The summed E-state index contributed by atoms with van der Waals surface area (Å²) in [6.45, 7) is 0. The Morgan fingerprint density at radius 1 is 1.11 bits per heavy atom. The van der Waals surface area contributed by atoms with E-state index in [0.717, 1.165) is 17.0 Å². The lowest BCUT2D eigenvalue weighted by Gasteiger charge is -2.04. The predicted molar refractivity (Wildman–Crippen MR) is 102 cm³/mol. The van der Waals surface area contributed by atoms with Crippen LogP contribution >= 0.6 is 11.8 Å². The number of hydrogen-bond donors (Lipinski definition) is 0. The van der Waals surface area contributed by atoms with E-state index in [0.29, 0.717) is 16.4 Å². The quantitative estimate of drug-likeness (QED) is 0.377. The molecule has 3 heterocycles. The van der Waals surface area contributed by atoms with E-state index in [2.05, 4.69) is 20.3 Å². The second kappa shape index (κ2) is 7.55. The number of carbonyl (C=O) groups excluding carboxylic acids is 1. The average molecular weight is 377 g/mol. The Balaban J connectivity index is 1.54. The number of nitrogens with zero attached hydrogens (tertiary/aromatic N) is 5. The number of Topliss-reactive ketones (excluding diaryl/α,β-unsaturated/α-hetero) is 1. The minimum Gasteiger partial charge on any atom is -0.497 e. The molecule has 0 atom stereocenters. The molecule has 0 aliphatic carbocycles. The highest BCUT2D eigenvalue weighted by molar-refractivity contribution is 7.99. The largest absolute Gasteiger partial charge is 0.497 e. The maximum atomic E-state index is 12.4. The van der Waals surface area contributed by atoms with Crippen LogP contribution in [-0.4, -0.2) is 43.4 Å². The van der Waals surface area contributed by atoms with Crippen LogP contribution in [0.3, 0.4) is 0 Å². The van der Waals surface area contributed by atoms with Crippen LogP contribution in [0.25, 0.3) is 16.9 Å². The molecule has 3 aromatic heterocycles. The molecule has 0 saturated heterocycles. The number of ketones is 1. The van der Waals surface area contributed by atoms with E-state index in [4.69, 9.17) is 4.74 Å². The van der Waals surface area contributed by atoms with Crippen LogP contribution < -0.4 is 4.74 Å². The van der Waals surface area contributed by atoms with Gasteiger partial charge in [0.1, 0.15) is 5.75 Å². The third-order valence-electron chi connectivity index (χ3n) is 3.94. The van der Waals surface area contributed by atoms with E-state index in [-0.39, 0.29) is 11.5 Å². The molecule has 0 saturated carbocycles. The van der Waals surface area contributed by atoms with Gasteiger partial charge in [0.15, 0.2) is 11.4 Å². The topological polar surface area (TPSA) is 82.3 Å². The summed E-state index contributed by atoms with van der Waals surface area (Å²) in [6.07, 6.45) is 3.46. The summed E-state index contributed by atoms with van der Waals surface area (Å²) in [5.74, 6) is 0.962. The molecule has 0 radical (unpaired) electrons. The van der Waals surface area contributed by atoms with E-state index < -0.39 is 0 Å². The summed E-state index contributed by atoms with van der Waals surface area (Å²) in [7, 11) is 1.59. The summed E-state index contributed by atoms with van der Waals surface area (Å²) in [6, 6.07) is 14.6. The predicted octanol–water partition coefficient (Wildman–Crippen LogP) is 3.17. The van der Waals surface area contributed by atoms with Gasteiger partial charge in [-0.25, -0.2) is 0 Å². The average Bonchev–Trinajstić information content (AvgIpc) is 3.15. The molecule has 27 heavy (non-hydrogen) atoms. The first kappa shape index (κ1) is 17.2. The van der Waals surface area contributed by atoms with Gasteiger partial charge in [0.25, 0.3) is 0 Å². The Labute approximate surface area is 159 Å².